The van der Waals surface area contributed by atoms with Crippen LogP contribution in [0.25, 0.3) is 6.08 Å². The van der Waals surface area contributed by atoms with Crippen molar-refractivity contribution in [2.24, 2.45) is 5.41 Å². The molecule has 160 valence electrons. The first-order valence-corrected chi connectivity index (χ1v) is 10.6. The largest absolute Gasteiger partial charge is 0.352 e. The quantitative estimate of drug-likeness (QED) is 0.696. The lowest BCUT2D eigenvalue weighted by atomic mass is 9.74. The van der Waals surface area contributed by atoms with Gasteiger partial charge in [0, 0.05) is 30.6 Å². The van der Waals surface area contributed by atoms with Crippen LogP contribution in [0.1, 0.15) is 53.2 Å². The lowest BCUT2D eigenvalue weighted by Crippen LogP contribution is -2.65. The Morgan fingerprint density at radius 2 is 1.94 bits per heavy atom. The van der Waals surface area contributed by atoms with Gasteiger partial charge in [-0.05, 0) is 30.4 Å². The lowest BCUT2D eigenvalue weighted by molar-refractivity contribution is -0.125. The number of aromatic amines is 2. The molecule has 2 aliphatic carbocycles. The van der Waals surface area contributed by atoms with Crippen LogP contribution in [-0.2, 0) is 4.79 Å². The van der Waals surface area contributed by atoms with Gasteiger partial charge < -0.3 is 15.2 Å². The number of hydrogen-bond acceptors (Lipinski definition) is 4. The topological polar surface area (TPSA) is 115 Å². The SMILES string of the molecule is O=C(NC1CCCC12CN(C(=O)c1cc(=O)[nH]c(=O)[nH]1)C2)C1CC=Cc2ccccc21. The van der Waals surface area contributed by atoms with Gasteiger partial charge in [0.15, 0.2) is 0 Å². The third-order valence-electron chi connectivity index (χ3n) is 6.87. The summed E-state index contributed by atoms with van der Waals surface area (Å²) in [5.41, 5.74) is 0.693. The normalized spacial score (nSPS) is 23.3. The lowest BCUT2D eigenvalue weighted by Gasteiger charge is -2.51. The predicted molar refractivity (Wildman–Crippen MR) is 115 cm³/mol. The molecule has 1 aromatic carbocycles. The van der Waals surface area contributed by atoms with Gasteiger partial charge in [0.1, 0.15) is 5.69 Å². The Balaban J connectivity index is 1.27. The molecule has 0 bridgehead atoms. The van der Waals surface area contributed by atoms with Crippen molar-refractivity contribution in [2.45, 2.75) is 37.6 Å². The number of H-pyrrole nitrogens is 2. The smallest absolute Gasteiger partial charge is 0.326 e. The highest BCUT2D eigenvalue weighted by atomic mass is 16.2. The molecular weight excluding hydrogens is 396 g/mol. The number of amides is 2. The molecule has 8 heteroatoms. The van der Waals surface area contributed by atoms with Crippen molar-refractivity contribution in [1.82, 2.24) is 20.2 Å². The number of nitrogens with zero attached hydrogens (tertiary/aromatic N) is 1. The average Bonchev–Trinajstić information content (AvgIpc) is 3.14. The summed E-state index contributed by atoms with van der Waals surface area (Å²) in [4.78, 5) is 54.9. The van der Waals surface area contributed by atoms with E-state index in [9.17, 15) is 19.2 Å². The highest BCUT2D eigenvalue weighted by molar-refractivity contribution is 5.93. The Hall–Kier alpha value is -3.42. The summed E-state index contributed by atoms with van der Waals surface area (Å²) in [6, 6.07) is 9.10. The Morgan fingerprint density at radius 3 is 2.74 bits per heavy atom. The van der Waals surface area contributed by atoms with Crippen molar-refractivity contribution in [2.75, 3.05) is 13.1 Å². The molecule has 2 unspecified atom stereocenters. The number of rotatable bonds is 3. The highest BCUT2D eigenvalue weighted by Gasteiger charge is 2.53. The van der Waals surface area contributed by atoms with Crippen molar-refractivity contribution >= 4 is 17.9 Å². The van der Waals surface area contributed by atoms with Crippen LogP contribution in [0.4, 0.5) is 0 Å². The molecule has 8 nitrogen and oxygen atoms in total. The predicted octanol–water partition coefficient (Wildman–Crippen LogP) is 1.37. The summed E-state index contributed by atoms with van der Waals surface area (Å²) < 4.78 is 0. The molecule has 31 heavy (non-hydrogen) atoms. The van der Waals surface area contributed by atoms with Crippen molar-refractivity contribution in [3.8, 4) is 0 Å². The number of fused-ring (bicyclic) bond motifs is 1. The third-order valence-corrected chi connectivity index (χ3v) is 6.87. The van der Waals surface area contributed by atoms with Gasteiger partial charge in [0.05, 0.1) is 5.92 Å². The van der Waals surface area contributed by atoms with Gasteiger partial charge in [-0.2, -0.15) is 0 Å². The van der Waals surface area contributed by atoms with Crippen LogP contribution < -0.4 is 16.6 Å². The van der Waals surface area contributed by atoms with Gasteiger partial charge in [-0.1, -0.05) is 42.8 Å². The van der Waals surface area contributed by atoms with Gasteiger partial charge in [-0.25, -0.2) is 4.79 Å². The van der Waals surface area contributed by atoms with Gasteiger partial charge >= 0.3 is 5.69 Å². The second-order valence-corrected chi connectivity index (χ2v) is 8.80. The minimum atomic E-state index is -0.695. The molecule has 2 fully saturated rings. The van der Waals surface area contributed by atoms with Crippen LogP contribution in [0.3, 0.4) is 0 Å². The van der Waals surface area contributed by atoms with Gasteiger partial charge in [-0.3, -0.25) is 19.4 Å². The number of carbonyl (C=O) groups is 2. The van der Waals surface area contributed by atoms with Gasteiger partial charge in [-0.15, -0.1) is 0 Å². The summed E-state index contributed by atoms with van der Waals surface area (Å²) in [5, 5.41) is 3.28. The molecule has 1 aliphatic heterocycles. The number of aromatic nitrogens is 2. The van der Waals surface area contributed by atoms with Gasteiger partial charge in [0.25, 0.3) is 11.5 Å². The van der Waals surface area contributed by atoms with E-state index < -0.39 is 11.2 Å². The van der Waals surface area contributed by atoms with Crippen LogP contribution in [0.5, 0.6) is 0 Å². The van der Waals surface area contributed by atoms with Crippen LogP contribution in [0, 0.1) is 5.41 Å². The molecule has 2 atom stereocenters. The van der Waals surface area contributed by atoms with E-state index in [0.717, 1.165) is 36.5 Å². The van der Waals surface area contributed by atoms with E-state index in [1.54, 1.807) is 4.90 Å². The zero-order valence-electron chi connectivity index (χ0n) is 17.0. The molecule has 3 N–H and O–H groups in total. The molecule has 1 saturated heterocycles. The number of likely N-dealkylation sites (tertiary alicyclic amines) is 1. The fraction of sp³-hybridized carbons (Fsp3) is 0.391. The molecule has 0 radical (unpaired) electrons. The van der Waals surface area contributed by atoms with E-state index in [2.05, 4.69) is 21.4 Å². The summed E-state index contributed by atoms with van der Waals surface area (Å²) >= 11 is 0. The maximum atomic E-state index is 13.2. The first-order valence-electron chi connectivity index (χ1n) is 10.6. The summed E-state index contributed by atoms with van der Waals surface area (Å²) in [7, 11) is 0. The molecule has 2 amide bonds. The Bertz CT molecular complexity index is 1160. The maximum Gasteiger partial charge on any atom is 0.326 e. The van der Waals surface area contributed by atoms with E-state index in [0.29, 0.717) is 19.5 Å². The summed E-state index contributed by atoms with van der Waals surface area (Å²) in [6.07, 6.45) is 7.61. The first kappa shape index (κ1) is 19.5. The Morgan fingerprint density at radius 1 is 1.13 bits per heavy atom. The van der Waals surface area contributed by atoms with Crippen LogP contribution >= 0.6 is 0 Å². The van der Waals surface area contributed by atoms with Crippen molar-refractivity contribution in [3.05, 3.63) is 74.1 Å². The zero-order chi connectivity index (χ0) is 21.6. The molecule has 1 spiro atoms. The van der Waals surface area contributed by atoms with Crippen LogP contribution in [0.15, 0.2) is 46.0 Å². The fourth-order valence-corrected chi connectivity index (χ4v) is 5.31. The first-order chi connectivity index (χ1) is 14.9. The number of nitrogens with one attached hydrogen (secondary N) is 3. The number of carbonyl (C=O) groups excluding carboxylic acids is 2. The maximum absolute atomic E-state index is 13.2. The molecule has 2 aromatic rings. The Labute approximate surface area is 178 Å². The number of benzene rings is 1. The van der Waals surface area contributed by atoms with Gasteiger partial charge in [0.2, 0.25) is 5.91 Å². The van der Waals surface area contributed by atoms with E-state index in [1.165, 1.54) is 0 Å². The monoisotopic (exact) mass is 420 g/mol. The molecule has 1 aromatic heterocycles. The Kier molecular flexibility index (Phi) is 4.64. The molecule has 2 heterocycles. The van der Waals surface area contributed by atoms with E-state index >= 15 is 0 Å². The van der Waals surface area contributed by atoms with Crippen molar-refractivity contribution < 1.29 is 9.59 Å². The van der Waals surface area contributed by atoms with Crippen LogP contribution in [-0.4, -0.2) is 45.8 Å². The third kappa shape index (κ3) is 3.41. The minimum Gasteiger partial charge on any atom is -0.352 e. The second kappa shape index (κ2) is 7.37. The van der Waals surface area contributed by atoms with Crippen LogP contribution in [0.2, 0.25) is 0 Å². The van der Waals surface area contributed by atoms with E-state index in [-0.39, 0.29) is 34.9 Å². The molecule has 1 saturated carbocycles. The fourth-order valence-electron chi connectivity index (χ4n) is 5.31. The van der Waals surface area contributed by atoms with Crippen molar-refractivity contribution in [1.29, 1.82) is 0 Å². The zero-order valence-corrected chi connectivity index (χ0v) is 17.0. The standard InChI is InChI=1S/C23H24N4O4/c28-19-11-17(24-22(31)26-19)21(30)27-12-23(13-27)10-4-9-18(23)25-20(29)16-8-3-6-14-5-1-2-7-15(14)16/h1-3,5-7,11,16,18H,4,8-10,12-13H2,(H,25,29)(H2,24,26,28,31). The number of allylic oxidation sites excluding steroid dienone is 1. The summed E-state index contributed by atoms with van der Waals surface area (Å²) in [6.45, 7) is 1.01. The highest BCUT2D eigenvalue weighted by Crippen LogP contribution is 2.46. The average molecular weight is 420 g/mol. The minimum absolute atomic E-state index is 0.00668. The van der Waals surface area contributed by atoms with E-state index in [4.69, 9.17) is 0 Å². The molecular formula is C23H24N4O4. The van der Waals surface area contributed by atoms with Crippen molar-refractivity contribution in [3.63, 3.8) is 0 Å². The number of hydrogen-bond donors (Lipinski definition) is 3. The molecule has 3 aliphatic rings. The second-order valence-electron chi connectivity index (χ2n) is 8.80. The molecule has 5 rings (SSSR count). The van der Waals surface area contributed by atoms with E-state index in [1.807, 2.05) is 30.3 Å². The summed E-state index contributed by atoms with van der Waals surface area (Å²) in [5.74, 6) is -0.526.